The van der Waals surface area contributed by atoms with E-state index in [1.807, 2.05) is 36.4 Å². The molecule has 1 aromatic heterocycles. The van der Waals surface area contributed by atoms with Gasteiger partial charge in [-0.15, -0.1) is 0 Å². The molecule has 0 aliphatic heterocycles. The van der Waals surface area contributed by atoms with E-state index in [9.17, 15) is 4.79 Å². The van der Waals surface area contributed by atoms with Crippen LogP contribution in [0.5, 0.6) is 5.75 Å². The quantitative estimate of drug-likeness (QED) is 0.629. The Hall–Kier alpha value is -2.82. The summed E-state index contributed by atoms with van der Waals surface area (Å²) in [7, 11) is 3.05. The number of aromatic nitrogens is 2. The van der Waals surface area contributed by atoms with Gasteiger partial charge in [-0.05, 0) is 48.9 Å². The molecule has 3 rings (SSSR count). The highest BCUT2D eigenvalue weighted by atomic mass is 16.5. The molecule has 0 fully saturated rings. The van der Waals surface area contributed by atoms with Gasteiger partial charge in [0.1, 0.15) is 11.6 Å². The molecule has 0 unspecified atom stereocenters. The van der Waals surface area contributed by atoms with Crippen molar-refractivity contribution in [3.05, 3.63) is 48.0 Å². The van der Waals surface area contributed by atoms with Crippen LogP contribution in [0.3, 0.4) is 0 Å². The minimum Gasteiger partial charge on any atom is -0.497 e. The number of hydrogen-bond acceptors (Lipinski definition) is 4. The lowest BCUT2D eigenvalue weighted by Gasteiger charge is -2.09. The summed E-state index contributed by atoms with van der Waals surface area (Å²) in [5, 5.41) is 0. The first-order valence-corrected chi connectivity index (χ1v) is 8.41. The SMILES string of the molecule is CCCCn1c(-c2ccc(OC)cc2)nc2ccc(C(=O)OC)cc21. The number of nitrogens with zero attached hydrogens (tertiary/aromatic N) is 2. The minimum absolute atomic E-state index is 0.337. The van der Waals surface area contributed by atoms with Gasteiger partial charge >= 0.3 is 5.97 Å². The first kappa shape index (κ1) is 17.0. The predicted octanol–water partition coefficient (Wildman–Crippen LogP) is 4.30. The van der Waals surface area contributed by atoms with Crippen molar-refractivity contribution in [2.45, 2.75) is 26.3 Å². The van der Waals surface area contributed by atoms with Gasteiger partial charge in [0.2, 0.25) is 0 Å². The van der Waals surface area contributed by atoms with Crippen molar-refractivity contribution < 1.29 is 14.3 Å². The molecule has 0 amide bonds. The van der Waals surface area contributed by atoms with Gasteiger partial charge in [0, 0.05) is 12.1 Å². The Bertz CT molecular complexity index is 882. The van der Waals surface area contributed by atoms with E-state index in [0.717, 1.165) is 47.6 Å². The molecule has 0 saturated carbocycles. The van der Waals surface area contributed by atoms with Gasteiger partial charge < -0.3 is 14.0 Å². The Labute approximate surface area is 147 Å². The molecule has 0 atom stereocenters. The molecule has 0 N–H and O–H groups in total. The molecule has 0 saturated heterocycles. The second kappa shape index (κ2) is 7.38. The van der Waals surface area contributed by atoms with E-state index in [1.54, 1.807) is 13.2 Å². The Morgan fingerprint density at radius 1 is 1.12 bits per heavy atom. The highest BCUT2D eigenvalue weighted by molar-refractivity contribution is 5.94. The average Bonchev–Trinajstić information content (AvgIpc) is 3.03. The number of carbonyl (C=O) groups excluding carboxylic acids is 1. The van der Waals surface area contributed by atoms with Crippen molar-refractivity contribution in [2.75, 3.05) is 14.2 Å². The Morgan fingerprint density at radius 3 is 2.52 bits per heavy atom. The van der Waals surface area contributed by atoms with E-state index in [-0.39, 0.29) is 5.97 Å². The highest BCUT2D eigenvalue weighted by Crippen LogP contribution is 2.27. The topological polar surface area (TPSA) is 53.4 Å². The number of hydrogen-bond donors (Lipinski definition) is 0. The van der Waals surface area contributed by atoms with E-state index in [1.165, 1.54) is 7.11 Å². The van der Waals surface area contributed by atoms with E-state index in [0.29, 0.717) is 5.56 Å². The molecule has 1 heterocycles. The highest BCUT2D eigenvalue weighted by Gasteiger charge is 2.15. The van der Waals surface area contributed by atoms with Crippen LogP contribution in [0, 0.1) is 0 Å². The molecule has 5 heteroatoms. The van der Waals surface area contributed by atoms with Crippen LogP contribution >= 0.6 is 0 Å². The van der Waals surface area contributed by atoms with Crippen LogP contribution in [0.4, 0.5) is 0 Å². The summed E-state index contributed by atoms with van der Waals surface area (Å²) in [6, 6.07) is 13.3. The van der Waals surface area contributed by atoms with Crippen molar-refractivity contribution in [2.24, 2.45) is 0 Å². The number of esters is 1. The summed E-state index contributed by atoms with van der Waals surface area (Å²) in [5.74, 6) is 1.37. The molecule has 0 aliphatic rings. The predicted molar refractivity (Wildman–Crippen MR) is 98.0 cm³/mol. The summed E-state index contributed by atoms with van der Waals surface area (Å²) >= 11 is 0. The molecule has 2 aromatic carbocycles. The van der Waals surface area contributed by atoms with Crippen LogP contribution in [0.2, 0.25) is 0 Å². The number of aryl methyl sites for hydroxylation is 1. The number of rotatable bonds is 6. The third kappa shape index (κ3) is 3.36. The Morgan fingerprint density at radius 2 is 1.88 bits per heavy atom. The molecule has 0 radical (unpaired) electrons. The fraction of sp³-hybridized carbons (Fsp3) is 0.300. The number of methoxy groups -OCH3 is 2. The van der Waals surface area contributed by atoms with Crippen molar-refractivity contribution in [1.82, 2.24) is 9.55 Å². The van der Waals surface area contributed by atoms with Gasteiger partial charge in [-0.25, -0.2) is 9.78 Å². The zero-order chi connectivity index (χ0) is 17.8. The fourth-order valence-corrected chi connectivity index (χ4v) is 2.87. The lowest BCUT2D eigenvalue weighted by Crippen LogP contribution is -2.03. The third-order valence-electron chi connectivity index (χ3n) is 4.25. The van der Waals surface area contributed by atoms with Crippen LogP contribution in [0.1, 0.15) is 30.1 Å². The molecule has 0 bridgehead atoms. The van der Waals surface area contributed by atoms with E-state index < -0.39 is 0 Å². The van der Waals surface area contributed by atoms with E-state index in [2.05, 4.69) is 11.5 Å². The molecule has 25 heavy (non-hydrogen) atoms. The second-order valence-corrected chi connectivity index (χ2v) is 5.86. The summed E-state index contributed by atoms with van der Waals surface area (Å²) < 4.78 is 12.2. The monoisotopic (exact) mass is 338 g/mol. The second-order valence-electron chi connectivity index (χ2n) is 5.86. The first-order chi connectivity index (χ1) is 12.2. The summed E-state index contributed by atoms with van der Waals surface area (Å²) in [6.07, 6.45) is 2.12. The summed E-state index contributed by atoms with van der Waals surface area (Å²) in [6.45, 7) is 3.01. The molecular weight excluding hydrogens is 316 g/mol. The number of unbranched alkanes of at least 4 members (excludes halogenated alkanes) is 1. The molecule has 0 spiro atoms. The maximum atomic E-state index is 11.9. The molecule has 130 valence electrons. The Kier molecular flexibility index (Phi) is 5.03. The maximum absolute atomic E-state index is 11.9. The molecule has 0 aliphatic carbocycles. The van der Waals surface area contributed by atoms with Gasteiger partial charge in [-0.2, -0.15) is 0 Å². The zero-order valence-corrected chi connectivity index (χ0v) is 14.8. The smallest absolute Gasteiger partial charge is 0.337 e. The van der Waals surface area contributed by atoms with Gasteiger partial charge in [-0.3, -0.25) is 0 Å². The van der Waals surface area contributed by atoms with E-state index in [4.69, 9.17) is 14.5 Å². The lowest BCUT2D eigenvalue weighted by atomic mass is 10.2. The summed E-state index contributed by atoms with van der Waals surface area (Å²) in [4.78, 5) is 16.7. The number of ether oxygens (including phenoxy) is 2. The van der Waals surface area contributed by atoms with Gasteiger partial charge in [0.15, 0.2) is 0 Å². The molecule has 5 nitrogen and oxygen atoms in total. The van der Waals surface area contributed by atoms with E-state index >= 15 is 0 Å². The van der Waals surface area contributed by atoms with Crippen LogP contribution in [-0.4, -0.2) is 29.7 Å². The van der Waals surface area contributed by atoms with Crippen molar-refractivity contribution >= 4 is 17.0 Å². The van der Waals surface area contributed by atoms with Gasteiger partial charge in [0.25, 0.3) is 0 Å². The largest absolute Gasteiger partial charge is 0.497 e. The van der Waals surface area contributed by atoms with Crippen LogP contribution < -0.4 is 4.74 Å². The van der Waals surface area contributed by atoms with Gasteiger partial charge in [-0.1, -0.05) is 13.3 Å². The standard InChI is InChI=1S/C20H22N2O3/c1-4-5-12-22-18-13-15(20(23)25-3)8-11-17(18)21-19(22)14-6-9-16(24-2)10-7-14/h6-11,13H,4-5,12H2,1-3H3. The van der Waals surface area contributed by atoms with Crippen molar-refractivity contribution in [3.8, 4) is 17.1 Å². The van der Waals surface area contributed by atoms with Crippen molar-refractivity contribution in [1.29, 1.82) is 0 Å². The van der Waals surface area contributed by atoms with Crippen LogP contribution in [0.15, 0.2) is 42.5 Å². The zero-order valence-electron chi connectivity index (χ0n) is 14.8. The average molecular weight is 338 g/mol. The minimum atomic E-state index is -0.337. The summed E-state index contributed by atoms with van der Waals surface area (Å²) in [5.41, 5.74) is 3.37. The molecular formula is C20H22N2O3. The maximum Gasteiger partial charge on any atom is 0.337 e. The van der Waals surface area contributed by atoms with Crippen LogP contribution in [-0.2, 0) is 11.3 Å². The number of imidazole rings is 1. The van der Waals surface area contributed by atoms with Gasteiger partial charge in [0.05, 0.1) is 30.8 Å². The first-order valence-electron chi connectivity index (χ1n) is 8.41. The molecule has 3 aromatic rings. The normalized spacial score (nSPS) is 10.8. The third-order valence-corrected chi connectivity index (χ3v) is 4.25. The number of carbonyl (C=O) groups is 1. The Balaban J connectivity index is 2.14. The van der Waals surface area contributed by atoms with Crippen molar-refractivity contribution in [3.63, 3.8) is 0 Å². The number of fused-ring (bicyclic) bond motifs is 1. The lowest BCUT2D eigenvalue weighted by molar-refractivity contribution is 0.0601. The van der Waals surface area contributed by atoms with Crippen LogP contribution in [0.25, 0.3) is 22.4 Å². The fourth-order valence-electron chi connectivity index (χ4n) is 2.87. The number of benzene rings is 2.